The fourth-order valence-corrected chi connectivity index (χ4v) is 7.23. The van der Waals surface area contributed by atoms with E-state index in [1.807, 2.05) is 0 Å². The van der Waals surface area contributed by atoms with Crippen molar-refractivity contribution in [3.05, 3.63) is 75.3 Å². The Balaban J connectivity index is 1.92. The standard InChI is InChI=1S/C41H55N3O14/c1-20-12-11-13-21(2)40(50)42-28-18-27(44-56-19-54-17-16-52-9)30-31(36(28)49)35(48)25(6)38-32(30)39(43-51)41(8,58-38)55-15-14-29(53-10)22(3)37(57-26(7)45)24(5)34(47)23(4)33(20)46/h11-15,18,20,22-24,29,33-34,37,44,46-47,49H,16-17,19H2,1-10H3,(H,42,50)/b12-11+,15-14+,21-13-/t20-,22?,23+,24+,29-,33-,34+,37+,41-/m0/s1. The lowest BCUT2D eigenvalue weighted by Gasteiger charge is -2.38. The number of fused-ring (bicyclic) bond motifs is 14. The van der Waals surface area contributed by atoms with Gasteiger partial charge in [-0.2, -0.15) is 0 Å². The number of phenolic OH excluding ortho intramolecular Hbond substituents is 1. The Hall–Kier alpha value is -4.91. The molecule has 318 valence electrons. The second-order valence-corrected chi connectivity index (χ2v) is 14.8. The fraction of sp³-hybridized carbons (Fsp3) is 0.537. The fourth-order valence-electron chi connectivity index (χ4n) is 7.23. The van der Waals surface area contributed by atoms with Crippen LogP contribution in [0.2, 0.25) is 0 Å². The number of methoxy groups -OCH3 is 2. The van der Waals surface area contributed by atoms with Gasteiger partial charge in [-0.15, -0.1) is 4.91 Å². The number of hydrogen-bond donors (Lipinski definition) is 5. The molecule has 9 atom stereocenters. The molecular formula is C41H55N3O14. The molecule has 58 heavy (non-hydrogen) atoms. The number of Topliss-reactive ketones (excluding diaryl/α,β-unsaturated/α-hetero) is 1. The Bertz CT molecular complexity index is 1890. The largest absolute Gasteiger partial charge is 0.505 e. The van der Waals surface area contributed by atoms with E-state index in [4.69, 9.17) is 33.3 Å². The van der Waals surface area contributed by atoms with Gasteiger partial charge in [-0.05, 0) is 31.2 Å². The number of hydrogen-bond acceptors (Lipinski definition) is 16. The van der Waals surface area contributed by atoms with Gasteiger partial charge in [0.1, 0.15) is 11.9 Å². The van der Waals surface area contributed by atoms with E-state index >= 15 is 0 Å². The Morgan fingerprint density at radius 1 is 1.02 bits per heavy atom. The van der Waals surface area contributed by atoms with Crippen molar-refractivity contribution in [3.63, 3.8) is 0 Å². The maximum atomic E-state index is 14.1. The second kappa shape index (κ2) is 19.7. The Labute approximate surface area is 337 Å². The lowest BCUT2D eigenvalue weighted by atomic mass is 9.78. The van der Waals surface area contributed by atoms with Gasteiger partial charge in [0.2, 0.25) is 0 Å². The van der Waals surface area contributed by atoms with Crippen LogP contribution in [0.15, 0.2) is 64.4 Å². The number of aliphatic hydroxyl groups excluding tert-OH is 2. The average Bonchev–Trinajstić information content (AvgIpc) is 3.49. The van der Waals surface area contributed by atoms with Gasteiger partial charge >= 0.3 is 5.97 Å². The molecule has 5 N–H and O–H groups in total. The molecule has 1 aliphatic carbocycles. The lowest BCUT2D eigenvalue weighted by Crippen LogP contribution is -2.46. The van der Waals surface area contributed by atoms with Crippen molar-refractivity contribution in [3.8, 4) is 5.75 Å². The van der Waals surface area contributed by atoms with Gasteiger partial charge in [0.25, 0.3) is 11.7 Å². The molecule has 5 rings (SSSR count). The first-order valence-corrected chi connectivity index (χ1v) is 18.9. The predicted molar refractivity (Wildman–Crippen MR) is 212 cm³/mol. The lowest BCUT2D eigenvalue weighted by molar-refractivity contribution is -0.160. The molecule has 0 saturated heterocycles. The third kappa shape index (κ3) is 9.68. The Kier molecular flexibility index (Phi) is 15.5. The Morgan fingerprint density at radius 3 is 2.36 bits per heavy atom. The highest BCUT2D eigenvalue weighted by atomic mass is 16.8. The third-order valence-corrected chi connectivity index (χ3v) is 10.7. The molecule has 0 saturated carbocycles. The number of nitrogens with zero attached hydrogens (tertiary/aromatic N) is 1. The molecule has 5 bridgehead atoms. The van der Waals surface area contributed by atoms with Crippen LogP contribution in [-0.2, 0) is 42.8 Å². The molecule has 1 aromatic rings. The number of carbonyl (C=O) groups excluding carboxylic acids is 3. The van der Waals surface area contributed by atoms with E-state index in [1.54, 1.807) is 39.8 Å². The normalized spacial score (nSPS) is 31.4. The number of anilines is 2. The molecule has 0 spiro atoms. The monoisotopic (exact) mass is 813 g/mol. The zero-order chi connectivity index (χ0) is 43.1. The minimum atomic E-state index is -1.93. The molecule has 0 fully saturated rings. The van der Waals surface area contributed by atoms with Crippen molar-refractivity contribution < 1.29 is 63.0 Å². The summed E-state index contributed by atoms with van der Waals surface area (Å²) in [7, 11) is 2.95. The van der Waals surface area contributed by atoms with Gasteiger partial charge in [-0.1, -0.05) is 45.9 Å². The highest BCUT2D eigenvalue weighted by Crippen LogP contribution is 2.54. The Morgan fingerprint density at radius 2 is 1.72 bits per heavy atom. The maximum Gasteiger partial charge on any atom is 0.302 e. The van der Waals surface area contributed by atoms with E-state index in [-0.39, 0.29) is 64.1 Å². The van der Waals surface area contributed by atoms with Crippen molar-refractivity contribution in [1.29, 1.82) is 0 Å². The quantitative estimate of drug-likeness (QED) is 0.0387. The molecule has 1 amide bonds. The van der Waals surface area contributed by atoms with Crippen LogP contribution in [0, 0.1) is 28.6 Å². The summed E-state index contributed by atoms with van der Waals surface area (Å²) < 4.78 is 34.2. The van der Waals surface area contributed by atoms with Crippen molar-refractivity contribution in [2.24, 2.45) is 28.8 Å². The van der Waals surface area contributed by atoms with Crippen LogP contribution in [-0.4, -0.2) is 97.4 Å². The molecule has 0 aromatic heterocycles. The summed E-state index contributed by atoms with van der Waals surface area (Å²) in [6, 6.07) is 1.32. The SMILES string of the molecule is COCCOCONc1cc2c(O)c3c1C1=C(N=O)[C@@](C)(O/C=C/[C@H](OC)C(C)[C@@H](OC(C)=O)[C@H](C)[C@H](O)[C@H](C)[C@@H](O)[C@@H](C)/C=C/C=C(/C)C(=O)N2)OC1=C(C)C3=O. The van der Waals surface area contributed by atoms with E-state index in [0.717, 1.165) is 0 Å². The first-order valence-electron chi connectivity index (χ1n) is 18.9. The van der Waals surface area contributed by atoms with E-state index in [2.05, 4.69) is 16.0 Å². The number of nitrogens with one attached hydrogen (secondary N) is 2. The van der Waals surface area contributed by atoms with Crippen molar-refractivity contribution in [2.75, 3.05) is 45.0 Å². The number of allylic oxidation sites excluding steroid dienone is 4. The molecule has 0 radical (unpaired) electrons. The van der Waals surface area contributed by atoms with Gasteiger partial charge in [-0.3, -0.25) is 19.9 Å². The first-order chi connectivity index (χ1) is 27.4. The van der Waals surface area contributed by atoms with Gasteiger partial charge < -0.3 is 49.1 Å². The number of aliphatic hydroxyl groups is 2. The van der Waals surface area contributed by atoms with E-state index in [0.29, 0.717) is 6.61 Å². The van der Waals surface area contributed by atoms with Crippen LogP contribution in [0.3, 0.4) is 0 Å². The van der Waals surface area contributed by atoms with Crippen LogP contribution >= 0.6 is 0 Å². The van der Waals surface area contributed by atoms with Crippen molar-refractivity contribution in [1.82, 2.24) is 0 Å². The van der Waals surface area contributed by atoms with E-state index in [1.165, 1.54) is 66.4 Å². The number of amides is 1. The van der Waals surface area contributed by atoms with Crippen LogP contribution in [0.1, 0.15) is 71.3 Å². The number of benzene rings is 1. The van der Waals surface area contributed by atoms with Gasteiger partial charge in [0, 0.05) is 68.4 Å². The minimum absolute atomic E-state index is 0.00549. The van der Waals surface area contributed by atoms with E-state index < -0.39 is 77.3 Å². The van der Waals surface area contributed by atoms with Crippen molar-refractivity contribution >= 4 is 34.6 Å². The van der Waals surface area contributed by atoms with Crippen LogP contribution < -0.4 is 10.8 Å². The number of carbonyl (C=O) groups is 3. The second-order valence-electron chi connectivity index (χ2n) is 14.8. The number of rotatable bonds is 10. The first kappa shape index (κ1) is 45.8. The van der Waals surface area contributed by atoms with Crippen LogP contribution in [0.5, 0.6) is 5.75 Å². The topological polar surface area (TPSA) is 230 Å². The highest BCUT2D eigenvalue weighted by molar-refractivity contribution is 6.21. The average molecular weight is 814 g/mol. The number of phenols is 1. The summed E-state index contributed by atoms with van der Waals surface area (Å²) in [5, 5.41) is 40.3. The van der Waals surface area contributed by atoms with Crippen molar-refractivity contribution in [2.45, 2.75) is 85.6 Å². The smallest absolute Gasteiger partial charge is 0.302 e. The third-order valence-electron chi connectivity index (χ3n) is 10.7. The number of ketones is 1. The number of nitroso groups, excluding NO2 is 1. The van der Waals surface area contributed by atoms with Gasteiger partial charge in [-0.25, -0.2) is 4.84 Å². The zero-order valence-corrected chi connectivity index (χ0v) is 34.5. The predicted octanol–water partition coefficient (Wildman–Crippen LogP) is 5.25. The molecule has 17 heteroatoms. The summed E-state index contributed by atoms with van der Waals surface area (Å²) in [6.45, 7) is 12.8. The van der Waals surface area contributed by atoms with Gasteiger partial charge in [0.15, 0.2) is 24.0 Å². The molecule has 17 nitrogen and oxygen atoms in total. The minimum Gasteiger partial charge on any atom is -0.505 e. The number of ether oxygens (including phenoxy) is 6. The molecular weight excluding hydrogens is 758 g/mol. The summed E-state index contributed by atoms with van der Waals surface area (Å²) in [5.41, 5.74) is 2.20. The molecule has 1 unspecified atom stereocenters. The number of esters is 1. The molecule has 1 aromatic carbocycles. The van der Waals surface area contributed by atoms with Crippen LogP contribution in [0.4, 0.5) is 11.4 Å². The summed E-state index contributed by atoms with van der Waals surface area (Å²) >= 11 is 0. The zero-order valence-electron chi connectivity index (χ0n) is 34.5. The number of aromatic hydroxyl groups is 1. The van der Waals surface area contributed by atoms with Gasteiger partial charge in [0.05, 0.1) is 60.3 Å². The molecule has 3 aliphatic heterocycles. The summed E-state index contributed by atoms with van der Waals surface area (Å²) in [4.78, 5) is 58.2. The van der Waals surface area contributed by atoms with Crippen LogP contribution in [0.25, 0.3) is 5.57 Å². The summed E-state index contributed by atoms with van der Waals surface area (Å²) in [6.07, 6.45) is 3.61. The van der Waals surface area contributed by atoms with E-state index in [9.17, 15) is 34.6 Å². The highest BCUT2D eigenvalue weighted by Gasteiger charge is 2.51. The maximum absolute atomic E-state index is 14.1. The molecule has 3 heterocycles. The summed E-state index contributed by atoms with van der Waals surface area (Å²) in [5.74, 6) is -6.96. The molecule has 4 aliphatic rings.